The topological polar surface area (TPSA) is 108 Å². The van der Waals surface area contributed by atoms with Crippen LogP contribution in [0.3, 0.4) is 0 Å². The minimum absolute atomic E-state index is 0.0315. The molecule has 0 saturated carbocycles. The summed E-state index contributed by atoms with van der Waals surface area (Å²) in [6.45, 7) is 3.33. The number of nitro benzene ring substituents is 1. The Bertz CT molecular complexity index is 726. The van der Waals surface area contributed by atoms with Crippen molar-refractivity contribution in [1.82, 2.24) is 0 Å². The number of anilines is 1. The molecule has 0 aromatic heterocycles. The van der Waals surface area contributed by atoms with Crippen molar-refractivity contribution in [2.24, 2.45) is 0 Å². The van der Waals surface area contributed by atoms with Gasteiger partial charge in [-0.3, -0.25) is 10.1 Å². The predicted octanol–water partition coefficient (Wildman–Crippen LogP) is 2.86. The van der Waals surface area contributed by atoms with E-state index in [9.17, 15) is 19.7 Å². The molecule has 0 amide bonds. The van der Waals surface area contributed by atoms with Crippen LogP contribution in [0.25, 0.3) is 0 Å². The molecule has 1 aromatic rings. The van der Waals surface area contributed by atoms with Crippen molar-refractivity contribution in [3.8, 4) is 0 Å². The summed E-state index contributed by atoms with van der Waals surface area (Å²) >= 11 is 0. The molecule has 0 aliphatic carbocycles. The van der Waals surface area contributed by atoms with E-state index in [0.717, 1.165) is 6.07 Å². The fraction of sp³-hybridized carbons (Fsp3) is 0.294. The van der Waals surface area contributed by atoms with Crippen LogP contribution in [0.4, 0.5) is 11.4 Å². The monoisotopic (exact) mass is 348 g/mol. The van der Waals surface area contributed by atoms with Gasteiger partial charge in [-0.1, -0.05) is 18.2 Å². The normalized spacial score (nSPS) is 13.4. The maximum absolute atomic E-state index is 12.1. The molecule has 1 rings (SSSR count). The number of nitrogens with zero attached hydrogens (tertiary/aromatic N) is 1. The van der Waals surface area contributed by atoms with Gasteiger partial charge in [-0.25, -0.2) is 9.59 Å². The first kappa shape index (κ1) is 19.9. The number of carbonyl (C=O) groups is 2. The highest BCUT2D eigenvalue weighted by molar-refractivity contribution is 5.92. The van der Waals surface area contributed by atoms with E-state index in [1.165, 1.54) is 39.4 Å². The van der Waals surface area contributed by atoms with E-state index in [1.807, 2.05) is 6.92 Å². The zero-order valence-electron chi connectivity index (χ0n) is 14.4. The Morgan fingerprint density at radius 1 is 1.24 bits per heavy atom. The molecule has 134 valence electrons. The van der Waals surface area contributed by atoms with E-state index in [-0.39, 0.29) is 16.9 Å². The van der Waals surface area contributed by atoms with Crippen LogP contribution < -0.4 is 5.32 Å². The Balaban J connectivity index is 3.34. The average molecular weight is 348 g/mol. The lowest BCUT2D eigenvalue weighted by atomic mass is 10.0. The summed E-state index contributed by atoms with van der Waals surface area (Å²) in [4.78, 5) is 34.4. The summed E-state index contributed by atoms with van der Waals surface area (Å²) in [5, 5.41) is 14.1. The van der Waals surface area contributed by atoms with Gasteiger partial charge in [0, 0.05) is 6.07 Å². The Labute approximate surface area is 145 Å². The van der Waals surface area contributed by atoms with Crippen molar-refractivity contribution in [3.63, 3.8) is 0 Å². The average Bonchev–Trinajstić information content (AvgIpc) is 2.60. The zero-order chi connectivity index (χ0) is 19.0. The summed E-state index contributed by atoms with van der Waals surface area (Å²) in [5.74, 6) is -1.32. The molecule has 0 fully saturated rings. The largest absolute Gasteiger partial charge is 0.467 e. The molecule has 0 spiro atoms. The van der Waals surface area contributed by atoms with Crippen LogP contribution in [0, 0.1) is 10.1 Å². The summed E-state index contributed by atoms with van der Waals surface area (Å²) < 4.78 is 9.34. The highest BCUT2D eigenvalue weighted by Crippen LogP contribution is 2.29. The van der Waals surface area contributed by atoms with Crippen LogP contribution in [-0.4, -0.2) is 36.6 Å². The van der Waals surface area contributed by atoms with Gasteiger partial charge in [0.15, 0.2) is 5.54 Å². The van der Waals surface area contributed by atoms with Crippen LogP contribution in [0.2, 0.25) is 0 Å². The van der Waals surface area contributed by atoms with Crippen molar-refractivity contribution in [2.75, 3.05) is 19.5 Å². The summed E-state index contributed by atoms with van der Waals surface area (Å²) in [7, 11) is 2.40. The lowest BCUT2D eigenvalue weighted by Gasteiger charge is -2.25. The van der Waals surface area contributed by atoms with Crippen LogP contribution in [0.1, 0.15) is 24.2 Å². The number of hydrogen-bond acceptors (Lipinski definition) is 7. The molecule has 25 heavy (non-hydrogen) atoms. The Morgan fingerprint density at radius 2 is 1.92 bits per heavy atom. The summed E-state index contributed by atoms with van der Waals surface area (Å²) in [6, 6.07) is 3.80. The van der Waals surface area contributed by atoms with E-state index >= 15 is 0 Å². The molecular weight excluding hydrogens is 328 g/mol. The molecule has 0 radical (unpaired) electrons. The van der Waals surface area contributed by atoms with Crippen molar-refractivity contribution < 1.29 is 24.0 Å². The van der Waals surface area contributed by atoms with Crippen molar-refractivity contribution in [1.29, 1.82) is 0 Å². The number of methoxy groups -OCH3 is 2. The van der Waals surface area contributed by atoms with E-state index in [4.69, 9.17) is 4.74 Å². The van der Waals surface area contributed by atoms with Crippen molar-refractivity contribution >= 4 is 23.3 Å². The van der Waals surface area contributed by atoms with Gasteiger partial charge < -0.3 is 14.8 Å². The van der Waals surface area contributed by atoms with Gasteiger partial charge in [0.05, 0.1) is 24.7 Å². The molecular formula is C17H20N2O6. The lowest BCUT2D eigenvalue weighted by Crippen LogP contribution is -2.42. The third kappa shape index (κ3) is 4.90. The van der Waals surface area contributed by atoms with E-state index in [0.29, 0.717) is 0 Å². The smallest absolute Gasteiger partial charge is 0.338 e. The number of nitrogens with one attached hydrogen (secondary N) is 1. The number of rotatable bonds is 7. The van der Waals surface area contributed by atoms with Gasteiger partial charge in [0.2, 0.25) is 0 Å². The number of allylic oxidation sites excluding steroid dienone is 3. The molecule has 0 aliphatic rings. The van der Waals surface area contributed by atoms with Gasteiger partial charge in [-0.05, 0) is 32.1 Å². The quantitative estimate of drug-likeness (QED) is 0.349. The molecule has 0 bridgehead atoms. The fourth-order valence-corrected chi connectivity index (χ4v) is 2.04. The van der Waals surface area contributed by atoms with Crippen LogP contribution in [0.5, 0.6) is 0 Å². The molecule has 0 heterocycles. The number of ether oxygens (including phenoxy) is 2. The molecule has 0 aliphatic heterocycles. The Kier molecular flexibility index (Phi) is 6.86. The number of carbonyl (C=O) groups excluding carboxylic acids is 2. The number of esters is 2. The predicted molar refractivity (Wildman–Crippen MR) is 92.4 cm³/mol. The standard InChI is InChI=1S/C17H20N2O6/c1-5-6-7-10-17(2,16(21)25-4)18-13-9-8-12(15(20)24-3)11-14(13)19(22)23/h5-11,18H,1-4H3/b6-5-,10-7-. The molecule has 1 unspecified atom stereocenters. The van der Waals surface area contributed by atoms with Gasteiger partial charge in [-0.2, -0.15) is 0 Å². The first-order chi connectivity index (χ1) is 11.8. The van der Waals surface area contributed by atoms with E-state index in [2.05, 4.69) is 10.1 Å². The number of nitro groups is 1. The third-order valence-corrected chi connectivity index (χ3v) is 3.35. The highest BCUT2D eigenvalue weighted by Gasteiger charge is 2.33. The first-order valence-electron chi connectivity index (χ1n) is 7.33. The summed E-state index contributed by atoms with van der Waals surface area (Å²) in [5.41, 5.74) is -1.61. The summed E-state index contributed by atoms with van der Waals surface area (Å²) in [6.07, 6.45) is 6.62. The van der Waals surface area contributed by atoms with Crippen LogP contribution >= 0.6 is 0 Å². The van der Waals surface area contributed by atoms with Gasteiger partial charge in [0.25, 0.3) is 5.69 Å². The molecule has 1 aromatic carbocycles. The van der Waals surface area contributed by atoms with Gasteiger partial charge in [0.1, 0.15) is 5.69 Å². The molecule has 1 N–H and O–H groups in total. The maximum Gasteiger partial charge on any atom is 0.338 e. The highest BCUT2D eigenvalue weighted by atomic mass is 16.6. The molecule has 0 saturated heterocycles. The SMILES string of the molecule is C/C=C\C=C/C(C)(Nc1ccc(C(=O)OC)cc1[N+](=O)[O-])C(=O)OC. The van der Waals surface area contributed by atoms with E-state index < -0.39 is 22.4 Å². The minimum Gasteiger partial charge on any atom is -0.467 e. The molecule has 8 heteroatoms. The second-order valence-corrected chi connectivity index (χ2v) is 5.18. The molecule has 1 atom stereocenters. The second-order valence-electron chi connectivity index (χ2n) is 5.18. The van der Waals surface area contributed by atoms with Gasteiger partial charge in [-0.15, -0.1) is 0 Å². The first-order valence-corrected chi connectivity index (χ1v) is 7.33. The van der Waals surface area contributed by atoms with Crippen molar-refractivity contribution in [2.45, 2.75) is 19.4 Å². The second kappa shape index (κ2) is 8.62. The Hall–Kier alpha value is -3.16. The minimum atomic E-state index is -1.34. The lowest BCUT2D eigenvalue weighted by molar-refractivity contribution is -0.384. The Morgan fingerprint density at radius 3 is 2.44 bits per heavy atom. The third-order valence-electron chi connectivity index (χ3n) is 3.35. The maximum atomic E-state index is 12.1. The molecule has 8 nitrogen and oxygen atoms in total. The van der Waals surface area contributed by atoms with Crippen LogP contribution in [0.15, 0.2) is 42.5 Å². The fourth-order valence-electron chi connectivity index (χ4n) is 2.04. The number of benzene rings is 1. The van der Waals surface area contributed by atoms with Crippen LogP contribution in [-0.2, 0) is 14.3 Å². The van der Waals surface area contributed by atoms with E-state index in [1.54, 1.807) is 18.2 Å². The van der Waals surface area contributed by atoms with Gasteiger partial charge >= 0.3 is 11.9 Å². The zero-order valence-corrected chi connectivity index (χ0v) is 14.4. The van der Waals surface area contributed by atoms with Crippen molar-refractivity contribution in [3.05, 3.63) is 58.2 Å². The number of hydrogen-bond donors (Lipinski definition) is 1.